The molecule has 4 saturated carbocycles. The third-order valence-electron chi connectivity index (χ3n) is 17.1. The second-order valence-corrected chi connectivity index (χ2v) is 20.8. The summed E-state index contributed by atoms with van der Waals surface area (Å²) in [6.45, 7) is 5.41. The fourth-order valence-electron chi connectivity index (χ4n) is 13.5. The van der Waals surface area contributed by atoms with Crippen LogP contribution < -0.4 is 0 Å². The van der Waals surface area contributed by atoms with Gasteiger partial charge in [-0.2, -0.15) is 0 Å². The van der Waals surface area contributed by atoms with Crippen LogP contribution in [-0.4, -0.2) is 232 Å². The monoisotopic (exact) mass is 966 g/mol. The number of carbonyl (C=O) groups excluding carboxylic acids is 1. The van der Waals surface area contributed by atoms with Crippen molar-refractivity contribution >= 4 is 5.97 Å². The van der Waals surface area contributed by atoms with E-state index in [0.717, 1.165) is 6.42 Å². The summed E-state index contributed by atoms with van der Waals surface area (Å²) in [5, 5.41) is 148. The molecule has 1 spiro atoms. The summed E-state index contributed by atoms with van der Waals surface area (Å²) < 4.78 is 48.2. The van der Waals surface area contributed by atoms with Gasteiger partial charge in [0.25, 0.3) is 0 Å². The SMILES string of the molecule is C=C1C[C@@]23CC[C@H]4[C@@](C)(CCC[C@@]4(C)C(=O)OC4OC(CO)C(O)C(O)C4O)[C@@H]2CC[C@]1(OC1OC(CO)C(O)C(OC2OC(CO)C(O)C(O)C2O)C1OC1OC(CO)C(O)C(O)C1O)C3. The molecule has 384 valence electrons. The largest absolute Gasteiger partial charge is 0.432 e. The van der Waals surface area contributed by atoms with Gasteiger partial charge in [-0.1, -0.05) is 19.9 Å². The third-order valence-corrected chi connectivity index (χ3v) is 17.1. The highest BCUT2D eigenvalue weighted by Crippen LogP contribution is 2.74. The van der Waals surface area contributed by atoms with Gasteiger partial charge in [-0.05, 0) is 86.5 Å². The van der Waals surface area contributed by atoms with E-state index in [-0.39, 0.29) is 11.8 Å². The standard InChI is InChI=1S/C44H70O23/c1-17-11-43-9-5-22-41(2,7-4-8-42(22,3)40(59)66-38-33(58)30(55)26(51)20(14-47)62-38)23(43)6-10-44(17,16-43)67-39-35(65-37-32(57)29(54)25(50)19(13-46)61-37)34(27(52)21(15-48)63-39)64-36-31(56)28(53)24(49)18(12-45)60-36/h18-39,45-58H,1,4-16H2,2-3H3/t18?,19?,20?,21?,22-,23-,24?,25?,26?,27?,28?,29?,30?,31?,32?,33?,34?,35?,36?,37?,38?,39?,41+,42+,43+,44-/m0/s1. The molecule has 0 amide bonds. The van der Waals surface area contributed by atoms with Crippen molar-refractivity contribution < 1.29 is 114 Å². The molecular weight excluding hydrogens is 896 g/mol. The maximum absolute atomic E-state index is 14.3. The number of aliphatic hydroxyl groups excluding tert-OH is 14. The van der Waals surface area contributed by atoms with Crippen molar-refractivity contribution in [2.45, 2.75) is 200 Å². The summed E-state index contributed by atoms with van der Waals surface area (Å²) in [5.41, 5.74) is -2.33. The van der Waals surface area contributed by atoms with E-state index >= 15 is 0 Å². The molecule has 4 aliphatic heterocycles. The molecule has 4 aliphatic carbocycles. The minimum atomic E-state index is -1.95. The van der Waals surface area contributed by atoms with Gasteiger partial charge in [0.2, 0.25) is 6.29 Å². The van der Waals surface area contributed by atoms with Gasteiger partial charge in [0.05, 0.1) is 37.4 Å². The summed E-state index contributed by atoms with van der Waals surface area (Å²) >= 11 is 0. The highest BCUT2D eigenvalue weighted by Gasteiger charge is 2.70. The van der Waals surface area contributed by atoms with E-state index in [2.05, 4.69) is 13.5 Å². The molecule has 0 aromatic heterocycles. The van der Waals surface area contributed by atoms with E-state index in [4.69, 9.17) is 37.9 Å². The molecule has 2 bridgehead atoms. The van der Waals surface area contributed by atoms with Crippen LogP contribution in [0.5, 0.6) is 0 Å². The molecule has 67 heavy (non-hydrogen) atoms. The highest BCUT2D eigenvalue weighted by atomic mass is 16.8. The van der Waals surface area contributed by atoms with Crippen LogP contribution in [0.25, 0.3) is 0 Å². The van der Waals surface area contributed by atoms with Crippen molar-refractivity contribution in [2.24, 2.45) is 28.1 Å². The molecule has 8 aliphatic rings. The Hall–Kier alpha value is -1.63. The van der Waals surface area contributed by atoms with E-state index in [9.17, 15) is 76.3 Å². The number of aliphatic hydroxyl groups is 14. The minimum absolute atomic E-state index is 0.0251. The molecule has 20 unspecified atom stereocenters. The van der Waals surface area contributed by atoms with E-state index in [1.165, 1.54) is 0 Å². The third kappa shape index (κ3) is 8.63. The lowest BCUT2D eigenvalue weighted by molar-refractivity contribution is -0.400. The Morgan fingerprint density at radius 2 is 1.03 bits per heavy atom. The average Bonchev–Trinajstić information content (AvgIpc) is 3.50. The maximum atomic E-state index is 14.3. The second-order valence-electron chi connectivity index (χ2n) is 20.8. The van der Waals surface area contributed by atoms with E-state index in [1.807, 2.05) is 6.92 Å². The van der Waals surface area contributed by atoms with Crippen LogP contribution in [0.4, 0.5) is 0 Å². The van der Waals surface area contributed by atoms with Crippen molar-refractivity contribution in [3.8, 4) is 0 Å². The summed E-state index contributed by atoms with van der Waals surface area (Å²) in [7, 11) is 0. The van der Waals surface area contributed by atoms with Crippen LogP contribution in [0.2, 0.25) is 0 Å². The van der Waals surface area contributed by atoms with Crippen molar-refractivity contribution in [2.75, 3.05) is 26.4 Å². The maximum Gasteiger partial charge on any atom is 0.314 e. The lowest BCUT2D eigenvalue weighted by Crippen LogP contribution is -2.68. The lowest BCUT2D eigenvalue weighted by atomic mass is 9.41. The predicted molar refractivity (Wildman–Crippen MR) is 219 cm³/mol. The molecule has 23 heteroatoms. The Balaban J connectivity index is 1.06. The molecule has 8 fully saturated rings. The first-order valence-electron chi connectivity index (χ1n) is 23.4. The van der Waals surface area contributed by atoms with Crippen LogP contribution in [0, 0.1) is 28.1 Å². The molecule has 0 aromatic rings. The van der Waals surface area contributed by atoms with Crippen LogP contribution >= 0.6 is 0 Å². The van der Waals surface area contributed by atoms with Gasteiger partial charge in [0, 0.05) is 0 Å². The van der Waals surface area contributed by atoms with E-state index in [0.29, 0.717) is 56.9 Å². The fraction of sp³-hybridized carbons (Fsp3) is 0.932. The zero-order chi connectivity index (χ0) is 48.7. The number of ether oxygens (including phenoxy) is 8. The Morgan fingerprint density at radius 3 is 1.57 bits per heavy atom. The first-order valence-corrected chi connectivity index (χ1v) is 23.4. The summed E-state index contributed by atoms with van der Waals surface area (Å²) in [4.78, 5) is 14.3. The highest BCUT2D eigenvalue weighted by molar-refractivity contribution is 5.77. The van der Waals surface area contributed by atoms with Gasteiger partial charge in [-0.15, -0.1) is 0 Å². The molecule has 14 N–H and O–H groups in total. The van der Waals surface area contributed by atoms with Crippen molar-refractivity contribution in [3.05, 3.63) is 12.2 Å². The molecule has 26 atom stereocenters. The molecular formula is C44H70O23. The Labute approximate surface area is 386 Å². The van der Waals surface area contributed by atoms with E-state index < -0.39 is 177 Å². The zero-order valence-electron chi connectivity index (χ0n) is 37.5. The Bertz CT molecular complexity index is 1760. The number of hydrogen-bond acceptors (Lipinski definition) is 23. The van der Waals surface area contributed by atoms with Gasteiger partial charge >= 0.3 is 5.97 Å². The quantitative estimate of drug-likeness (QED) is 0.0494. The molecule has 4 heterocycles. The average molecular weight is 967 g/mol. The van der Waals surface area contributed by atoms with E-state index in [1.54, 1.807) is 0 Å². The molecule has 8 rings (SSSR count). The van der Waals surface area contributed by atoms with Crippen molar-refractivity contribution in [3.63, 3.8) is 0 Å². The lowest BCUT2D eigenvalue weighted by Gasteiger charge is -2.64. The van der Waals surface area contributed by atoms with Crippen LogP contribution in [0.3, 0.4) is 0 Å². The smallest absolute Gasteiger partial charge is 0.314 e. The van der Waals surface area contributed by atoms with Gasteiger partial charge in [0.1, 0.15) is 97.7 Å². The van der Waals surface area contributed by atoms with Crippen molar-refractivity contribution in [1.29, 1.82) is 0 Å². The van der Waals surface area contributed by atoms with Gasteiger partial charge in [0.15, 0.2) is 18.9 Å². The fourth-order valence-corrected chi connectivity index (χ4v) is 13.5. The Kier molecular flexibility index (Phi) is 15.0. The second kappa shape index (κ2) is 19.4. The summed E-state index contributed by atoms with van der Waals surface area (Å²) in [6, 6.07) is 0. The first-order chi connectivity index (χ1) is 31.6. The van der Waals surface area contributed by atoms with Gasteiger partial charge in [-0.3, -0.25) is 4.79 Å². The Morgan fingerprint density at radius 1 is 0.567 bits per heavy atom. The predicted octanol–water partition coefficient (Wildman–Crippen LogP) is -5.11. The minimum Gasteiger partial charge on any atom is -0.432 e. The van der Waals surface area contributed by atoms with Gasteiger partial charge < -0.3 is 109 Å². The molecule has 23 nitrogen and oxygen atoms in total. The topological polar surface area (TPSA) is 374 Å². The summed E-state index contributed by atoms with van der Waals surface area (Å²) in [5.74, 6) is -0.805. The number of esters is 1. The number of fused-ring (bicyclic) bond motifs is 3. The van der Waals surface area contributed by atoms with Crippen molar-refractivity contribution in [1.82, 2.24) is 0 Å². The van der Waals surface area contributed by atoms with Crippen LogP contribution in [0.1, 0.15) is 71.6 Å². The number of hydrogen-bond donors (Lipinski definition) is 14. The molecule has 4 saturated heterocycles. The number of carbonyl (C=O) groups is 1. The zero-order valence-corrected chi connectivity index (χ0v) is 37.5. The van der Waals surface area contributed by atoms with Gasteiger partial charge in [-0.25, -0.2) is 0 Å². The molecule has 0 aromatic carbocycles. The number of rotatable bonds is 12. The van der Waals surface area contributed by atoms with Crippen LogP contribution in [0.15, 0.2) is 12.2 Å². The van der Waals surface area contributed by atoms with Crippen LogP contribution in [-0.2, 0) is 42.7 Å². The molecule has 0 radical (unpaired) electrons. The first kappa shape index (κ1) is 51.7. The summed E-state index contributed by atoms with van der Waals surface area (Å²) in [6.07, 6.45) is -29.1. The normalized spacial score (nSPS) is 54.5.